The lowest BCUT2D eigenvalue weighted by molar-refractivity contribution is -0.137. The molecule has 0 aliphatic carbocycles. The van der Waals surface area contributed by atoms with E-state index in [0.29, 0.717) is 18.4 Å². The highest BCUT2D eigenvalue weighted by atomic mass is 32.2. The fourth-order valence-corrected chi connectivity index (χ4v) is 3.93. The number of alkyl halides is 3. The van der Waals surface area contributed by atoms with Gasteiger partial charge in [0.2, 0.25) is 10.0 Å². The van der Waals surface area contributed by atoms with E-state index in [4.69, 9.17) is 0 Å². The summed E-state index contributed by atoms with van der Waals surface area (Å²) in [5.74, 6) is -0.370. The van der Waals surface area contributed by atoms with E-state index in [0.717, 1.165) is 29.0 Å². The molecule has 0 saturated carbocycles. The van der Waals surface area contributed by atoms with Gasteiger partial charge in [-0.3, -0.25) is 0 Å². The zero-order valence-corrected chi connectivity index (χ0v) is 15.9. The van der Waals surface area contributed by atoms with Gasteiger partial charge in [-0.1, -0.05) is 12.1 Å². The van der Waals surface area contributed by atoms with Crippen LogP contribution in [0.3, 0.4) is 0 Å². The Morgan fingerprint density at radius 3 is 2.54 bits per heavy atom. The Balaban J connectivity index is 1.50. The van der Waals surface area contributed by atoms with E-state index in [2.05, 4.69) is 14.8 Å². The number of nitrogens with zero attached hydrogens (tertiary/aromatic N) is 3. The third kappa shape index (κ3) is 5.29. The van der Waals surface area contributed by atoms with E-state index in [1.165, 1.54) is 12.1 Å². The number of hydrogen-bond donors (Lipinski definition) is 1. The number of sulfonamides is 1. The van der Waals surface area contributed by atoms with Gasteiger partial charge in [-0.25, -0.2) is 22.6 Å². The molecule has 1 aromatic carbocycles. The quantitative estimate of drug-likeness (QED) is 0.605. The maximum Gasteiger partial charge on any atom is 0.416 e. The molecular weight excluding hydrogens is 393 g/mol. The summed E-state index contributed by atoms with van der Waals surface area (Å²) in [4.78, 5) is 4.29. The zero-order valence-electron chi connectivity index (χ0n) is 15.1. The van der Waals surface area contributed by atoms with Crippen molar-refractivity contribution in [2.75, 3.05) is 6.54 Å². The predicted molar refractivity (Wildman–Crippen MR) is 98.1 cm³/mol. The molecule has 1 N–H and O–H groups in total. The van der Waals surface area contributed by atoms with Gasteiger partial charge < -0.3 is 0 Å². The van der Waals surface area contributed by atoms with Gasteiger partial charge in [0, 0.05) is 25.0 Å². The van der Waals surface area contributed by atoms with Gasteiger partial charge in [0.15, 0.2) is 5.65 Å². The summed E-state index contributed by atoms with van der Waals surface area (Å²) in [6.45, 7) is 2.10. The number of rotatable bonds is 7. The highest BCUT2D eigenvalue weighted by Crippen LogP contribution is 2.29. The van der Waals surface area contributed by atoms with E-state index in [1.54, 1.807) is 10.7 Å². The van der Waals surface area contributed by atoms with Crippen molar-refractivity contribution in [2.45, 2.75) is 31.7 Å². The number of nitrogens with one attached hydrogen (secondary N) is 1. The van der Waals surface area contributed by atoms with Crippen LogP contribution in [-0.2, 0) is 28.4 Å². The molecule has 0 bridgehead atoms. The second-order valence-electron chi connectivity index (χ2n) is 6.50. The molecule has 0 spiro atoms. The van der Waals surface area contributed by atoms with Gasteiger partial charge in [-0.15, -0.1) is 0 Å². The summed E-state index contributed by atoms with van der Waals surface area (Å²) in [5, 5.41) is 4.28. The van der Waals surface area contributed by atoms with Crippen molar-refractivity contribution in [3.8, 4) is 0 Å². The average Bonchev–Trinajstić information content (AvgIpc) is 2.97. The average molecular weight is 412 g/mol. The van der Waals surface area contributed by atoms with Crippen LogP contribution in [0.2, 0.25) is 0 Å². The Kier molecular flexibility index (Phi) is 5.71. The number of benzene rings is 1. The molecule has 0 amide bonds. The molecule has 6 nitrogen and oxygen atoms in total. The number of fused-ring (bicyclic) bond motifs is 1. The van der Waals surface area contributed by atoms with Crippen LogP contribution in [0.4, 0.5) is 13.2 Å². The van der Waals surface area contributed by atoms with E-state index < -0.39 is 21.8 Å². The molecule has 0 unspecified atom stereocenters. The number of aryl methyl sites for hydroxylation is 2. The summed E-state index contributed by atoms with van der Waals surface area (Å²) >= 11 is 0. The normalized spacial score (nSPS) is 12.6. The first kappa shape index (κ1) is 20.3. The molecule has 0 saturated heterocycles. The summed E-state index contributed by atoms with van der Waals surface area (Å²) in [7, 11) is -3.63. The highest BCUT2D eigenvalue weighted by Gasteiger charge is 2.30. The van der Waals surface area contributed by atoms with Crippen molar-refractivity contribution < 1.29 is 21.6 Å². The molecule has 3 aromatic rings. The van der Waals surface area contributed by atoms with E-state index in [-0.39, 0.29) is 12.3 Å². The Morgan fingerprint density at radius 1 is 1.14 bits per heavy atom. The lowest BCUT2D eigenvalue weighted by Crippen LogP contribution is -2.26. The first-order valence-corrected chi connectivity index (χ1v) is 10.2. The summed E-state index contributed by atoms with van der Waals surface area (Å²) in [6.07, 6.45) is 0.311. The maximum atomic E-state index is 12.5. The second kappa shape index (κ2) is 7.88. The van der Waals surface area contributed by atoms with Crippen LogP contribution in [0.1, 0.15) is 28.8 Å². The molecule has 0 fully saturated rings. The van der Waals surface area contributed by atoms with E-state index in [9.17, 15) is 21.6 Å². The molecular formula is C18H19F3N4O2S. The van der Waals surface area contributed by atoms with Crippen molar-refractivity contribution in [2.24, 2.45) is 0 Å². The van der Waals surface area contributed by atoms with Gasteiger partial charge in [0.1, 0.15) is 0 Å². The third-order valence-electron chi connectivity index (χ3n) is 4.09. The lowest BCUT2D eigenvalue weighted by Gasteiger charge is -2.09. The molecule has 2 aromatic heterocycles. The van der Waals surface area contributed by atoms with Crippen molar-refractivity contribution in [1.29, 1.82) is 0 Å². The van der Waals surface area contributed by atoms with Gasteiger partial charge >= 0.3 is 6.18 Å². The van der Waals surface area contributed by atoms with Crippen LogP contribution in [0.15, 0.2) is 42.7 Å². The SMILES string of the molecule is Cc1cc2ncc(CCCNS(=O)(=O)Cc3ccc(C(F)(F)F)cc3)cn2n1. The molecule has 0 atom stereocenters. The fourth-order valence-electron chi connectivity index (χ4n) is 2.74. The minimum absolute atomic E-state index is 0.221. The molecule has 0 aliphatic rings. The van der Waals surface area contributed by atoms with Crippen LogP contribution >= 0.6 is 0 Å². The Morgan fingerprint density at radius 2 is 1.86 bits per heavy atom. The molecule has 2 heterocycles. The minimum atomic E-state index is -4.44. The third-order valence-corrected chi connectivity index (χ3v) is 5.45. The maximum absolute atomic E-state index is 12.5. The Hall–Kier alpha value is -2.46. The number of aromatic nitrogens is 3. The molecule has 28 heavy (non-hydrogen) atoms. The lowest BCUT2D eigenvalue weighted by atomic mass is 10.1. The van der Waals surface area contributed by atoms with Gasteiger partial charge in [-0.05, 0) is 43.0 Å². The van der Waals surface area contributed by atoms with Crippen molar-refractivity contribution in [3.05, 3.63) is 65.1 Å². The summed E-state index contributed by atoms with van der Waals surface area (Å²) in [5.41, 5.74) is 2.03. The highest BCUT2D eigenvalue weighted by molar-refractivity contribution is 7.88. The van der Waals surface area contributed by atoms with Crippen molar-refractivity contribution >= 4 is 15.7 Å². The monoisotopic (exact) mass is 412 g/mol. The zero-order chi connectivity index (χ0) is 20.4. The second-order valence-corrected chi connectivity index (χ2v) is 8.31. The molecule has 0 aliphatic heterocycles. The standard InChI is InChI=1S/C18H19F3N4O2S/c1-13-9-17-22-10-15(11-25(17)24-13)3-2-8-23-28(26,27)12-14-4-6-16(7-5-14)18(19,20)21/h4-7,9-11,23H,2-3,8,12H2,1H3. The Labute approximate surface area is 160 Å². The number of halogens is 3. The summed E-state index contributed by atoms with van der Waals surface area (Å²) < 4.78 is 66.0. The minimum Gasteiger partial charge on any atom is -0.237 e. The van der Waals surface area contributed by atoms with Crippen LogP contribution in [0.25, 0.3) is 5.65 Å². The van der Waals surface area contributed by atoms with Gasteiger partial charge in [-0.2, -0.15) is 18.3 Å². The molecule has 150 valence electrons. The first-order chi connectivity index (χ1) is 13.1. The van der Waals surface area contributed by atoms with Crippen LogP contribution in [-0.4, -0.2) is 29.6 Å². The van der Waals surface area contributed by atoms with Gasteiger partial charge in [0.25, 0.3) is 0 Å². The smallest absolute Gasteiger partial charge is 0.237 e. The first-order valence-electron chi connectivity index (χ1n) is 8.57. The van der Waals surface area contributed by atoms with E-state index in [1.807, 2.05) is 19.2 Å². The number of hydrogen-bond acceptors (Lipinski definition) is 4. The van der Waals surface area contributed by atoms with Crippen LogP contribution in [0.5, 0.6) is 0 Å². The topological polar surface area (TPSA) is 76.4 Å². The predicted octanol–water partition coefficient (Wildman–Crippen LogP) is 3.11. The van der Waals surface area contributed by atoms with Crippen LogP contribution < -0.4 is 4.72 Å². The van der Waals surface area contributed by atoms with Gasteiger partial charge in [0.05, 0.1) is 17.0 Å². The summed E-state index contributed by atoms with van der Waals surface area (Å²) in [6, 6.07) is 5.97. The van der Waals surface area contributed by atoms with Crippen molar-refractivity contribution in [3.63, 3.8) is 0 Å². The fraction of sp³-hybridized carbons (Fsp3) is 0.333. The van der Waals surface area contributed by atoms with Crippen LogP contribution in [0, 0.1) is 6.92 Å². The molecule has 0 radical (unpaired) electrons. The Bertz CT molecular complexity index is 1060. The van der Waals surface area contributed by atoms with Crippen molar-refractivity contribution in [1.82, 2.24) is 19.3 Å². The molecule has 3 rings (SSSR count). The molecule has 10 heteroatoms. The largest absolute Gasteiger partial charge is 0.416 e. The van der Waals surface area contributed by atoms with E-state index >= 15 is 0 Å².